The number of rotatable bonds is 3. The van der Waals surface area contributed by atoms with Crippen molar-refractivity contribution in [3.8, 4) is 55.9 Å². The molecule has 2 nitrogen and oxygen atoms in total. The van der Waals surface area contributed by atoms with Crippen molar-refractivity contribution in [1.29, 1.82) is 0 Å². The van der Waals surface area contributed by atoms with Crippen LogP contribution in [0.4, 0.5) is 0 Å². The maximum Gasteiger partial charge on any atom is 0.0972 e. The van der Waals surface area contributed by atoms with E-state index in [4.69, 9.17) is 9.97 Å². The largest absolute Gasteiger partial charge is 0.245 e. The average Bonchev–Trinajstić information content (AvgIpc) is 3.40. The van der Waals surface area contributed by atoms with Crippen LogP contribution in [-0.2, 0) is 0 Å². The molecule has 0 spiro atoms. The molecule has 0 unspecified atom stereocenters. The second-order valence-corrected chi connectivity index (χ2v) is 11.4. The second-order valence-electron chi connectivity index (χ2n) is 11.4. The zero-order valence-corrected chi connectivity index (χ0v) is 23.7. The Kier molecular flexibility index (Phi) is 5.15. The zero-order chi connectivity index (χ0) is 28.5. The lowest BCUT2D eigenvalue weighted by Gasteiger charge is -2.13. The molecule has 0 amide bonds. The van der Waals surface area contributed by atoms with Crippen molar-refractivity contribution >= 4 is 32.6 Å². The van der Waals surface area contributed by atoms with E-state index in [1.165, 1.54) is 49.7 Å². The Balaban J connectivity index is 1.16. The van der Waals surface area contributed by atoms with E-state index in [1.54, 1.807) is 0 Å². The van der Waals surface area contributed by atoms with E-state index in [9.17, 15) is 0 Å². The number of nitrogens with zero attached hydrogens (tertiary/aromatic N) is 2. The van der Waals surface area contributed by atoms with E-state index >= 15 is 0 Å². The summed E-state index contributed by atoms with van der Waals surface area (Å²) < 4.78 is 0. The second kappa shape index (κ2) is 9.20. The lowest BCUT2D eigenvalue weighted by atomic mass is 9.91. The van der Waals surface area contributed by atoms with Crippen LogP contribution in [0.15, 0.2) is 140 Å². The predicted octanol–water partition coefficient (Wildman–Crippen LogP) is 10.9. The Hall–Kier alpha value is -5.60. The normalized spacial score (nSPS) is 11.8. The molecule has 0 bridgehead atoms. The van der Waals surface area contributed by atoms with Crippen molar-refractivity contribution in [3.63, 3.8) is 0 Å². The van der Waals surface area contributed by atoms with Crippen molar-refractivity contribution in [1.82, 2.24) is 9.97 Å². The fraction of sp³-hybridized carbons (Fsp3) is 0.0244. The van der Waals surface area contributed by atoms with E-state index in [1.807, 2.05) is 6.07 Å². The third-order valence-corrected chi connectivity index (χ3v) is 8.95. The lowest BCUT2D eigenvalue weighted by molar-refractivity contribution is 1.36. The summed E-state index contributed by atoms with van der Waals surface area (Å²) in [4.78, 5) is 10.3. The van der Waals surface area contributed by atoms with Gasteiger partial charge in [0.25, 0.3) is 0 Å². The van der Waals surface area contributed by atoms with Gasteiger partial charge < -0.3 is 0 Å². The van der Waals surface area contributed by atoms with Crippen molar-refractivity contribution in [3.05, 3.63) is 145 Å². The molecule has 0 aliphatic heterocycles. The molecule has 0 N–H and O–H groups in total. The van der Waals surface area contributed by atoms with Crippen molar-refractivity contribution < 1.29 is 0 Å². The number of aryl methyl sites for hydroxylation is 1. The summed E-state index contributed by atoms with van der Waals surface area (Å²) in [6.45, 7) is 2.21. The summed E-state index contributed by atoms with van der Waals surface area (Å²) in [7, 11) is 0. The molecule has 1 aliphatic carbocycles. The maximum atomic E-state index is 5.19. The molecule has 0 fully saturated rings. The average molecular weight is 547 g/mol. The summed E-state index contributed by atoms with van der Waals surface area (Å²) in [6, 6.07) is 49.9. The van der Waals surface area contributed by atoms with Gasteiger partial charge in [-0.25, -0.2) is 9.97 Å². The first-order valence-electron chi connectivity index (χ1n) is 14.8. The SMILES string of the molecule is Cc1cc(-c2ccc3ccc4ccc(-c5ccccc5)nc4c3n2)ccc1-c1ccc2c3c(cccc13)-c1ccccc1-2. The maximum absolute atomic E-state index is 5.19. The van der Waals surface area contributed by atoms with Crippen molar-refractivity contribution in [2.24, 2.45) is 0 Å². The van der Waals surface area contributed by atoms with Gasteiger partial charge in [-0.1, -0.05) is 121 Å². The minimum atomic E-state index is 0.932. The van der Waals surface area contributed by atoms with E-state index in [2.05, 4.69) is 140 Å². The van der Waals surface area contributed by atoms with Gasteiger partial charge in [0.15, 0.2) is 0 Å². The molecular weight excluding hydrogens is 520 g/mol. The minimum absolute atomic E-state index is 0.932. The molecule has 0 radical (unpaired) electrons. The highest BCUT2D eigenvalue weighted by Gasteiger charge is 2.22. The van der Waals surface area contributed by atoms with Crippen molar-refractivity contribution in [2.75, 3.05) is 0 Å². The molecule has 2 aromatic heterocycles. The summed E-state index contributed by atoms with van der Waals surface area (Å²) in [5.74, 6) is 0. The molecule has 8 aromatic rings. The van der Waals surface area contributed by atoms with Crippen LogP contribution < -0.4 is 0 Å². The quantitative estimate of drug-likeness (QED) is 0.206. The van der Waals surface area contributed by atoms with Crippen molar-refractivity contribution in [2.45, 2.75) is 6.92 Å². The molecule has 0 atom stereocenters. The van der Waals surface area contributed by atoms with Crippen LogP contribution in [0.3, 0.4) is 0 Å². The van der Waals surface area contributed by atoms with Gasteiger partial charge >= 0.3 is 0 Å². The molecule has 0 saturated heterocycles. The van der Waals surface area contributed by atoms with Gasteiger partial charge in [-0.2, -0.15) is 0 Å². The number of pyridine rings is 2. The number of hydrogen-bond donors (Lipinski definition) is 0. The van der Waals surface area contributed by atoms with Gasteiger partial charge in [0.2, 0.25) is 0 Å². The Morgan fingerprint density at radius 3 is 1.65 bits per heavy atom. The number of hydrogen-bond acceptors (Lipinski definition) is 2. The molecule has 43 heavy (non-hydrogen) atoms. The molecule has 200 valence electrons. The summed E-state index contributed by atoms with van der Waals surface area (Å²) in [6.07, 6.45) is 0. The van der Waals surface area contributed by atoms with Crippen LogP contribution in [0.5, 0.6) is 0 Å². The number of aromatic nitrogens is 2. The van der Waals surface area contributed by atoms with E-state index < -0.39 is 0 Å². The van der Waals surface area contributed by atoms with Crippen LogP contribution in [0.25, 0.3) is 88.5 Å². The van der Waals surface area contributed by atoms with Gasteiger partial charge in [0.05, 0.1) is 22.4 Å². The fourth-order valence-electron chi connectivity index (χ4n) is 6.87. The molecule has 0 saturated carbocycles. The number of benzene rings is 6. The fourth-order valence-corrected chi connectivity index (χ4v) is 6.87. The predicted molar refractivity (Wildman–Crippen MR) is 180 cm³/mol. The highest BCUT2D eigenvalue weighted by molar-refractivity contribution is 6.18. The molecule has 6 aromatic carbocycles. The summed E-state index contributed by atoms with van der Waals surface area (Å²) in [5, 5.41) is 4.85. The van der Waals surface area contributed by atoms with E-state index in [0.29, 0.717) is 0 Å². The molecule has 2 heterocycles. The smallest absolute Gasteiger partial charge is 0.0972 e. The topological polar surface area (TPSA) is 25.8 Å². The monoisotopic (exact) mass is 546 g/mol. The first kappa shape index (κ1) is 24.0. The van der Waals surface area contributed by atoms with Crippen LogP contribution in [-0.4, -0.2) is 9.97 Å². The van der Waals surface area contributed by atoms with E-state index in [-0.39, 0.29) is 0 Å². The summed E-state index contributed by atoms with van der Waals surface area (Å²) in [5.41, 5.74) is 15.1. The highest BCUT2D eigenvalue weighted by atomic mass is 14.8. The van der Waals surface area contributed by atoms with Crippen LogP contribution in [0.2, 0.25) is 0 Å². The van der Waals surface area contributed by atoms with Crippen LogP contribution in [0.1, 0.15) is 5.56 Å². The molecule has 1 aliphatic rings. The molecular formula is C41H26N2. The number of fused-ring (bicyclic) bond motifs is 6. The first-order valence-corrected chi connectivity index (χ1v) is 14.8. The minimum Gasteiger partial charge on any atom is -0.245 e. The molecule has 9 rings (SSSR count). The van der Waals surface area contributed by atoms with Crippen LogP contribution in [0, 0.1) is 6.92 Å². The van der Waals surface area contributed by atoms with Gasteiger partial charge in [-0.3, -0.25) is 0 Å². The lowest BCUT2D eigenvalue weighted by Crippen LogP contribution is -1.92. The standard InChI is InChI=1S/C41H26N2/c1-25-24-29(16-19-30(25)33-20-21-36-32-11-6-5-10-31(32)34-12-7-13-35(33)39(34)36)38-23-18-28-15-14-27-17-22-37(26-8-3-2-4-9-26)42-40(27)41(28)43-38/h2-24H,1H3. The Morgan fingerprint density at radius 2 is 0.953 bits per heavy atom. The Bertz CT molecular complexity index is 2370. The van der Waals surface area contributed by atoms with Gasteiger partial charge in [0, 0.05) is 21.9 Å². The third kappa shape index (κ3) is 3.67. The first-order chi connectivity index (χ1) is 21.2. The highest BCUT2D eigenvalue weighted by Crippen LogP contribution is 2.49. The van der Waals surface area contributed by atoms with Gasteiger partial charge in [0.1, 0.15) is 0 Å². The Morgan fingerprint density at radius 1 is 0.395 bits per heavy atom. The Labute approximate surface area is 250 Å². The van der Waals surface area contributed by atoms with Gasteiger partial charge in [-0.15, -0.1) is 0 Å². The zero-order valence-electron chi connectivity index (χ0n) is 23.7. The van der Waals surface area contributed by atoms with Crippen LogP contribution >= 0.6 is 0 Å². The van der Waals surface area contributed by atoms with E-state index in [0.717, 1.165) is 44.3 Å². The third-order valence-electron chi connectivity index (χ3n) is 8.95. The van der Waals surface area contributed by atoms with Gasteiger partial charge in [-0.05, 0) is 74.8 Å². The summed E-state index contributed by atoms with van der Waals surface area (Å²) >= 11 is 0. The molecule has 2 heteroatoms.